The molecule has 0 saturated carbocycles. The van der Waals surface area contributed by atoms with Crippen LogP contribution in [-0.4, -0.2) is 20.9 Å². The zero-order chi connectivity index (χ0) is 17.4. The fourth-order valence-corrected chi connectivity index (χ4v) is 3.29. The van der Waals surface area contributed by atoms with Crippen molar-refractivity contribution >= 4 is 39.3 Å². The van der Waals surface area contributed by atoms with E-state index in [1.54, 1.807) is 12.4 Å². The predicted octanol–water partition coefficient (Wildman–Crippen LogP) is 3.85. The first-order valence-corrected chi connectivity index (χ1v) is 8.54. The number of pyridine rings is 1. The molecule has 2 N–H and O–H groups in total. The van der Waals surface area contributed by atoms with E-state index in [0.29, 0.717) is 11.8 Å². The van der Waals surface area contributed by atoms with Gasteiger partial charge in [0.05, 0.1) is 22.3 Å². The molecule has 2 aromatic heterocycles. The van der Waals surface area contributed by atoms with E-state index in [0.717, 1.165) is 32.5 Å². The highest BCUT2D eigenvalue weighted by Gasteiger charge is 2.20. The van der Waals surface area contributed by atoms with Crippen molar-refractivity contribution in [2.24, 2.45) is 0 Å². The van der Waals surface area contributed by atoms with Gasteiger partial charge in [-0.2, -0.15) is 0 Å². The van der Waals surface area contributed by atoms with Crippen molar-refractivity contribution < 1.29 is 4.79 Å². The first kappa shape index (κ1) is 15.7. The Balaban J connectivity index is 1.77. The summed E-state index contributed by atoms with van der Waals surface area (Å²) in [6, 6.07) is 9.59. The number of nitrogens with one attached hydrogen (secondary N) is 2. The number of anilines is 3. The number of nitrogens with zero attached hydrogens (tertiary/aromatic N) is 3. The molecular formula is C18H14BrN5O. The molecule has 0 atom stereocenters. The van der Waals surface area contributed by atoms with Crippen molar-refractivity contribution in [2.45, 2.75) is 13.3 Å². The van der Waals surface area contributed by atoms with E-state index >= 15 is 0 Å². The summed E-state index contributed by atoms with van der Waals surface area (Å²) in [5.41, 5.74) is 4.23. The van der Waals surface area contributed by atoms with E-state index in [4.69, 9.17) is 0 Å². The van der Waals surface area contributed by atoms with Crippen LogP contribution in [0.1, 0.15) is 11.1 Å². The number of amides is 1. The van der Waals surface area contributed by atoms with Gasteiger partial charge in [-0.05, 0) is 40.5 Å². The van der Waals surface area contributed by atoms with Crippen molar-refractivity contribution in [1.29, 1.82) is 0 Å². The maximum Gasteiger partial charge on any atom is 0.228 e. The zero-order valence-corrected chi connectivity index (χ0v) is 15.0. The molecule has 1 amide bonds. The highest BCUT2D eigenvalue weighted by molar-refractivity contribution is 9.10. The molecule has 124 valence electrons. The Morgan fingerprint density at radius 1 is 1.20 bits per heavy atom. The molecule has 7 heteroatoms. The van der Waals surface area contributed by atoms with Crippen LogP contribution < -0.4 is 10.6 Å². The average molecular weight is 396 g/mol. The molecule has 3 heterocycles. The van der Waals surface area contributed by atoms with E-state index < -0.39 is 0 Å². The molecular weight excluding hydrogens is 382 g/mol. The topological polar surface area (TPSA) is 79.8 Å². The smallest absolute Gasteiger partial charge is 0.228 e. The molecule has 4 rings (SSSR count). The lowest BCUT2D eigenvalue weighted by Crippen LogP contribution is -2.12. The van der Waals surface area contributed by atoms with Gasteiger partial charge in [-0.25, -0.2) is 15.0 Å². The van der Waals surface area contributed by atoms with E-state index in [1.165, 1.54) is 0 Å². The number of benzene rings is 1. The quantitative estimate of drug-likeness (QED) is 0.688. The largest absolute Gasteiger partial charge is 0.325 e. The molecule has 0 bridgehead atoms. The van der Waals surface area contributed by atoms with Crippen molar-refractivity contribution in [3.8, 4) is 11.3 Å². The van der Waals surface area contributed by atoms with Crippen molar-refractivity contribution in [3.05, 3.63) is 58.3 Å². The lowest BCUT2D eigenvalue weighted by Gasteiger charge is -2.11. The second-order valence-electron chi connectivity index (χ2n) is 5.81. The summed E-state index contributed by atoms with van der Waals surface area (Å²) in [5, 5.41) is 6.03. The van der Waals surface area contributed by atoms with Gasteiger partial charge >= 0.3 is 0 Å². The van der Waals surface area contributed by atoms with Crippen molar-refractivity contribution in [3.63, 3.8) is 0 Å². The number of para-hydroxylation sites is 1. The summed E-state index contributed by atoms with van der Waals surface area (Å²) in [5.74, 6) is 1.00. The van der Waals surface area contributed by atoms with Gasteiger partial charge in [0.15, 0.2) is 0 Å². The van der Waals surface area contributed by atoms with Crippen LogP contribution in [0.5, 0.6) is 0 Å². The van der Waals surface area contributed by atoms with Crippen LogP contribution in [0.25, 0.3) is 11.3 Å². The number of hydrogen-bond acceptors (Lipinski definition) is 5. The number of carbonyl (C=O) groups excluding carboxylic acids is 1. The second-order valence-corrected chi connectivity index (χ2v) is 6.66. The lowest BCUT2D eigenvalue weighted by molar-refractivity contribution is -0.115. The zero-order valence-electron chi connectivity index (χ0n) is 13.4. The third-order valence-electron chi connectivity index (χ3n) is 3.88. The fraction of sp³-hybridized carbons (Fsp3) is 0.111. The summed E-state index contributed by atoms with van der Waals surface area (Å²) in [7, 11) is 0. The second kappa shape index (κ2) is 6.25. The SMILES string of the molecule is Cc1cnc(Nc2ncc3c(n2)-c2ccccc2NC(=O)C3)c(Br)c1. The molecule has 0 radical (unpaired) electrons. The molecule has 0 saturated heterocycles. The normalized spacial score (nSPS) is 12.6. The number of aromatic nitrogens is 3. The van der Waals surface area contributed by atoms with E-state index in [-0.39, 0.29) is 12.3 Å². The highest BCUT2D eigenvalue weighted by Crippen LogP contribution is 2.33. The molecule has 25 heavy (non-hydrogen) atoms. The molecule has 0 fully saturated rings. The van der Waals surface area contributed by atoms with Gasteiger partial charge in [-0.3, -0.25) is 4.79 Å². The standard InChI is InChI=1S/C18H14BrN5O/c1-10-6-13(19)17(20-8-10)24-18-21-9-11-7-15(25)22-14-5-3-2-4-12(14)16(11)23-18/h2-6,8-9H,7H2,1H3,(H,22,25)(H,20,21,23,24). The first-order valence-electron chi connectivity index (χ1n) is 7.74. The Labute approximate surface area is 152 Å². The Kier molecular flexibility index (Phi) is 3.93. The minimum atomic E-state index is -0.0709. The Morgan fingerprint density at radius 2 is 2.04 bits per heavy atom. The molecule has 0 unspecified atom stereocenters. The number of rotatable bonds is 2. The maximum absolute atomic E-state index is 12.1. The van der Waals surface area contributed by atoms with Crippen LogP contribution in [0.3, 0.4) is 0 Å². The average Bonchev–Trinajstić information content (AvgIpc) is 2.73. The summed E-state index contributed by atoms with van der Waals surface area (Å²) in [4.78, 5) is 25.4. The van der Waals surface area contributed by atoms with Gasteiger partial charge < -0.3 is 10.6 Å². The fourth-order valence-electron chi connectivity index (χ4n) is 2.73. The highest BCUT2D eigenvalue weighted by atomic mass is 79.9. The summed E-state index contributed by atoms with van der Waals surface area (Å²) in [6.45, 7) is 1.97. The molecule has 0 aliphatic carbocycles. The van der Waals surface area contributed by atoms with Gasteiger partial charge in [0.2, 0.25) is 11.9 Å². The minimum Gasteiger partial charge on any atom is -0.325 e. The predicted molar refractivity (Wildman–Crippen MR) is 99.8 cm³/mol. The van der Waals surface area contributed by atoms with Crippen LogP contribution in [0.4, 0.5) is 17.5 Å². The Bertz CT molecular complexity index is 989. The minimum absolute atomic E-state index is 0.0709. The third-order valence-corrected chi connectivity index (χ3v) is 4.48. The van der Waals surface area contributed by atoms with Crippen molar-refractivity contribution in [1.82, 2.24) is 15.0 Å². The van der Waals surface area contributed by atoms with Gasteiger partial charge in [0.1, 0.15) is 5.82 Å². The van der Waals surface area contributed by atoms with Gasteiger partial charge in [-0.1, -0.05) is 18.2 Å². The number of halogens is 1. The summed E-state index contributed by atoms with van der Waals surface area (Å²) < 4.78 is 0.836. The van der Waals surface area contributed by atoms with Crippen LogP contribution >= 0.6 is 15.9 Å². The van der Waals surface area contributed by atoms with Gasteiger partial charge in [0.25, 0.3) is 0 Å². The molecule has 1 aliphatic rings. The number of carbonyl (C=O) groups is 1. The van der Waals surface area contributed by atoms with Crippen LogP contribution in [0.15, 0.2) is 47.2 Å². The molecule has 6 nitrogen and oxygen atoms in total. The van der Waals surface area contributed by atoms with E-state index in [9.17, 15) is 4.79 Å². The Morgan fingerprint density at radius 3 is 2.88 bits per heavy atom. The van der Waals surface area contributed by atoms with Crippen molar-refractivity contribution in [2.75, 3.05) is 10.6 Å². The number of aryl methyl sites for hydroxylation is 1. The molecule has 1 aliphatic heterocycles. The van der Waals surface area contributed by atoms with Crippen LogP contribution in [-0.2, 0) is 11.2 Å². The Hall–Kier alpha value is -2.80. The van der Waals surface area contributed by atoms with Crippen LogP contribution in [0.2, 0.25) is 0 Å². The molecule has 0 spiro atoms. The summed E-state index contributed by atoms with van der Waals surface area (Å²) >= 11 is 3.49. The lowest BCUT2D eigenvalue weighted by atomic mass is 10.1. The molecule has 1 aromatic carbocycles. The monoisotopic (exact) mass is 395 g/mol. The third kappa shape index (κ3) is 3.10. The van der Waals surface area contributed by atoms with Gasteiger partial charge in [-0.15, -0.1) is 0 Å². The van der Waals surface area contributed by atoms with E-state index in [2.05, 4.69) is 41.5 Å². The maximum atomic E-state index is 12.1. The number of fused-ring (bicyclic) bond motifs is 3. The number of hydrogen-bond donors (Lipinski definition) is 2. The summed E-state index contributed by atoms with van der Waals surface area (Å²) in [6.07, 6.45) is 3.71. The van der Waals surface area contributed by atoms with E-state index in [1.807, 2.05) is 37.3 Å². The molecule has 3 aromatic rings. The van der Waals surface area contributed by atoms with Gasteiger partial charge in [0, 0.05) is 23.5 Å². The van der Waals surface area contributed by atoms with Crippen LogP contribution in [0, 0.1) is 6.92 Å². The first-order chi connectivity index (χ1) is 12.1.